The highest BCUT2D eigenvalue weighted by atomic mass is 16.5. The lowest BCUT2D eigenvalue weighted by molar-refractivity contribution is 0.00167. The number of hydrogen-bond donors (Lipinski definition) is 1. The van der Waals surface area contributed by atoms with Crippen molar-refractivity contribution < 1.29 is 9.47 Å². The van der Waals surface area contributed by atoms with Crippen molar-refractivity contribution in [2.75, 3.05) is 19.0 Å². The van der Waals surface area contributed by atoms with Crippen LogP contribution in [0.4, 0.5) is 5.69 Å². The van der Waals surface area contributed by atoms with E-state index in [1.807, 2.05) is 6.07 Å². The molecule has 0 amide bonds. The highest BCUT2D eigenvalue weighted by Gasteiger charge is 2.62. The number of anilines is 1. The molecule has 21 heavy (non-hydrogen) atoms. The highest BCUT2D eigenvalue weighted by Crippen LogP contribution is 2.55. The molecular weight excluding hydrogens is 264 g/mol. The maximum atomic E-state index is 6.38. The predicted molar refractivity (Wildman–Crippen MR) is 83.3 cm³/mol. The van der Waals surface area contributed by atoms with Gasteiger partial charge in [0.1, 0.15) is 18.1 Å². The van der Waals surface area contributed by atoms with Gasteiger partial charge in [0, 0.05) is 18.3 Å². The minimum atomic E-state index is -0.0699. The second kappa shape index (κ2) is 4.01. The summed E-state index contributed by atoms with van der Waals surface area (Å²) in [4.78, 5) is 4.84. The Morgan fingerprint density at radius 1 is 1.38 bits per heavy atom. The molecule has 0 bridgehead atoms. The monoisotopic (exact) mass is 286 g/mol. The fourth-order valence-electron chi connectivity index (χ4n) is 4.01. The van der Waals surface area contributed by atoms with Crippen molar-refractivity contribution in [2.45, 2.75) is 44.9 Å². The summed E-state index contributed by atoms with van der Waals surface area (Å²) < 4.78 is 11.7. The summed E-state index contributed by atoms with van der Waals surface area (Å²) in [5, 5.41) is 3.55. The maximum Gasteiger partial charge on any atom is 0.143 e. The van der Waals surface area contributed by atoms with Gasteiger partial charge in [-0.3, -0.25) is 4.99 Å². The normalized spacial score (nSPS) is 33.0. The number of benzene rings is 1. The number of fused-ring (bicyclic) bond motifs is 1. The summed E-state index contributed by atoms with van der Waals surface area (Å²) in [7, 11) is 1.70. The van der Waals surface area contributed by atoms with E-state index in [2.05, 4.69) is 38.2 Å². The smallest absolute Gasteiger partial charge is 0.143 e. The lowest BCUT2D eigenvalue weighted by Crippen LogP contribution is -2.40. The van der Waals surface area contributed by atoms with Gasteiger partial charge in [0.15, 0.2) is 0 Å². The zero-order valence-electron chi connectivity index (χ0n) is 13.1. The van der Waals surface area contributed by atoms with Crippen LogP contribution in [0.25, 0.3) is 0 Å². The highest BCUT2D eigenvalue weighted by molar-refractivity contribution is 6.05. The van der Waals surface area contributed by atoms with Crippen LogP contribution in [0, 0.1) is 5.41 Å². The standard InChI is InChI=1S/C17H22N2O2/c1-16(2,3)14-13-17(7-8-18-13)11-6-5-10(20-4)9-12(11)19-15(17)21-14/h5-6,9,14-15,19H,7-8H2,1-4H3/t14-,15-,17+/m1/s1. The van der Waals surface area contributed by atoms with E-state index < -0.39 is 0 Å². The number of rotatable bonds is 1. The molecule has 1 saturated heterocycles. The Kier molecular flexibility index (Phi) is 2.51. The zero-order chi connectivity index (χ0) is 14.8. The molecule has 1 spiro atoms. The van der Waals surface area contributed by atoms with Crippen LogP contribution in [-0.4, -0.2) is 31.7 Å². The van der Waals surface area contributed by atoms with Crippen molar-refractivity contribution in [1.82, 2.24) is 0 Å². The summed E-state index contributed by atoms with van der Waals surface area (Å²) >= 11 is 0. The quantitative estimate of drug-likeness (QED) is 0.863. The predicted octanol–water partition coefficient (Wildman–Crippen LogP) is 2.97. The van der Waals surface area contributed by atoms with Crippen molar-refractivity contribution >= 4 is 11.4 Å². The van der Waals surface area contributed by atoms with Crippen molar-refractivity contribution in [3.05, 3.63) is 23.8 Å². The van der Waals surface area contributed by atoms with Crippen molar-refractivity contribution in [3.63, 3.8) is 0 Å². The molecule has 3 atom stereocenters. The Morgan fingerprint density at radius 3 is 2.90 bits per heavy atom. The summed E-state index contributed by atoms with van der Waals surface area (Å²) in [6, 6.07) is 6.28. The Bertz CT molecular complexity index is 632. The summed E-state index contributed by atoms with van der Waals surface area (Å²) in [5.41, 5.74) is 3.67. The molecule has 3 aliphatic heterocycles. The molecule has 1 fully saturated rings. The number of ether oxygens (including phenoxy) is 2. The van der Waals surface area contributed by atoms with E-state index in [1.54, 1.807) is 7.11 Å². The Balaban J connectivity index is 1.83. The minimum absolute atomic E-state index is 0.00470. The third kappa shape index (κ3) is 1.57. The molecule has 4 rings (SSSR count). The first-order valence-corrected chi connectivity index (χ1v) is 7.62. The average molecular weight is 286 g/mol. The first-order chi connectivity index (χ1) is 9.96. The lowest BCUT2D eigenvalue weighted by Gasteiger charge is -2.28. The molecule has 1 aromatic carbocycles. The number of aliphatic imine (C=N–C) groups is 1. The first-order valence-electron chi connectivity index (χ1n) is 7.62. The zero-order valence-corrected chi connectivity index (χ0v) is 13.1. The minimum Gasteiger partial charge on any atom is -0.497 e. The van der Waals surface area contributed by atoms with E-state index in [1.165, 1.54) is 11.3 Å². The molecule has 0 radical (unpaired) electrons. The molecule has 0 unspecified atom stereocenters. The Hall–Kier alpha value is -1.55. The van der Waals surface area contributed by atoms with Crippen LogP contribution in [0.15, 0.2) is 23.2 Å². The number of nitrogens with one attached hydrogen (secondary N) is 1. The van der Waals surface area contributed by atoms with Crippen LogP contribution in [0.1, 0.15) is 32.8 Å². The average Bonchev–Trinajstić information content (AvgIpc) is 3.04. The van der Waals surface area contributed by atoms with Crippen molar-refractivity contribution in [1.29, 1.82) is 0 Å². The maximum absolute atomic E-state index is 6.38. The van der Waals surface area contributed by atoms with Crippen LogP contribution < -0.4 is 10.1 Å². The van der Waals surface area contributed by atoms with Gasteiger partial charge in [-0.25, -0.2) is 0 Å². The van der Waals surface area contributed by atoms with Gasteiger partial charge in [-0.1, -0.05) is 26.8 Å². The molecule has 0 saturated carbocycles. The fourth-order valence-corrected chi connectivity index (χ4v) is 4.01. The summed E-state index contributed by atoms with van der Waals surface area (Å²) in [6.07, 6.45) is 1.13. The molecule has 3 heterocycles. The molecule has 0 aliphatic carbocycles. The molecule has 112 valence electrons. The van der Waals surface area contributed by atoms with Gasteiger partial charge >= 0.3 is 0 Å². The number of hydrogen-bond acceptors (Lipinski definition) is 4. The SMILES string of the molecule is COc1ccc2c(c1)N[C@@H]1O[C@@H](C(C)(C)C)C3=NCC[C@@]321. The second-order valence-electron chi connectivity index (χ2n) is 7.31. The molecule has 0 aromatic heterocycles. The van der Waals surface area contributed by atoms with Gasteiger partial charge in [0.2, 0.25) is 0 Å². The van der Waals surface area contributed by atoms with Crippen LogP contribution in [0.3, 0.4) is 0 Å². The molecule has 4 heteroatoms. The van der Waals surface area contributed by atoms with Crippen LogP contribution >= 0.6 is 0 Å². The first kappa shape index (κ1) is 13.1. The van der Waals surface area contributed by atoms with Gasteiger partial charge < -0.3 is 14.8 Å². The van der Waals surface area contributed by atoms with Gasteiger partial charge in [0.25, 0.3) is 0 Å². The van der Waals surface area contributed by atoms with E-state index >= 15 is 0 Å². The molecule has 1 aromatic rings. The third-order valence-electron chi connectivity index (χ3n) is 4.99. The second-order valence-corrected chi connectivity index (χ2v) is 7.31. The van der Waals surface area contributed by atoms with Crippen molar-refractivity contribution in [2.24, 2.45) is 10.4 Å². The third-order valence-corrected chi connectivity index (χ3v) is 4.99. The summed E-state index contributed by atoms with van der Waals surface area (Å²) in [5.74, 6) is 0.876. The number of nitrogens with zero attached hydrogens (tertiary/aromatic N) is 1. The number of methoxy groups -OCH3 is 1. The molecular formula is C17H22N2O2. The van der Waals surface area contributed by atoms with Crippen LogP contribution in [0.5, 0.6) is 5.75 Å². The molecule has 3 aliphatic rings. The van der Waals surface area contributed by atoms with E-state index in [0.29, 0.717) is 0 Å². The van der Waals surface area contributed by atoms with E-state index in [0.717, 1.165) is 24.4 Å². The van der Waals surface area contributed by atoms with Crippen LogP contribution in [0.2, 0.25) is 0 Å². The van der Waals surface area contributed by atoms with Gasteiger partial charge in [-0.2, -0.15) is 0 Å². The lowest BCUT2D eigenvalue weighted by atomic mass is 9.72. The fraction of sp³-hybridized carbons (Fsp3) is 0.588. The molecule has 4 nitrogen and oxygen atoms in total. The topological polar surface area (TPSA) is 42.8 Å². The van der Waals surface area contributed by atoms with Gasteiger partial charge in [0.05, 0.1) is 18.2 Å². The van der Waals surface area contributed by atoms with E-state index in [-0.39, 0.29) is 23.2 Å². The van der Waals surface area contributed by atoms with Crippen LogP contribution in [-0.2, 0) is 10.2 Å². The largest absolute Gasteiger partial charge is 0.497 e. The Labute approximate surface area is 125 Å². The van der Waals surface area contributed by atoms with Gasteiger partial charge in [-0.05, 0) is 23.5 Å². The van der Waals surface area contributed by atoms with Gasteiger partial charge in [-0.15, -0.1) is 0 Å². The van der Waals surface area contributed by atoms with Crippen molar-refractivity contribution in [3.8, 4) is 5.75 Å². The van der Waals surface area contributed by atoms with E-state index in [4.69, 9.17) is 14.5 Å². The van der Waals surface area contributed by atoms with E-state index in [9.17, 15) is 0 Å². The molecule has 1 N–H and O–H groups in total. The Morgan fingerprint density at radius 2 is 2.19 bits per heavy atom. The summed E-state index contributed by atoms with van der Waals surface area (Å²) in [6.45, 7) is 7.57.